The summed E-state index contributed by atoms with van der Waals surface area (Å²) in [6, 6.07) is 10.2. The van der Waals surface area contributed by atoms with Gasteiger partial charge in [-0.15, -0.1) is 0 Å². The second-order valence-corrected chi connectivity index (χ2v) is 6.11. The van der Waals surface area contributed by atoms with Crippen LogP contribution in [0.5, 0.6) is 0 Å². The molecule has 1 heterocycles. The van der Waals surface area contributed by atoms with Crippen molar-refractivity contribution in [1.82, 2.24) is 14.5 Å². The van der Waals surface area contributed by atoms with E-state index in [1.807, 2.05) is 6.07 Å². The number of H-pyrrole nitrogens is 1. The van der Waals surface area contributed by atoms with Crippen LogP contribution in [0, 0.1) is 0 Å². The first-order valence-corrected chi connectivity index (χ1v) is 7.25. The number of likely N-dealkylation sites (N-methyl/N-ethyl adjacent to an activating group) is 1. The molecule has 0 aliphatic heterocycles. The van der Waals surface area contributed by atoms with Crippen LogP contribution in [0.3, 0.4) is 0 Å². The zero-order chi connectivity index (χ0) is 14.6. The Balaban J connectivity index is 2.01. The lowest BCUT2D eigenvalue weighted by atomic mass is 10.3. The van der Waals surface area contributed by atoms with Crippen LogP contribution < -0.4 is 5.32 Å². The van der Waals surface area contributed by atoms with Crippen molar-refractivity contribution in [3.05, 3.63) is 42.6 Å². The Labute approximate surface area is 116 Å². The number of para-hydroxylation sites is 1. The van der Waals surface area contributed by atoms with Gasteiger partial charge in [-0.3, -0.25) is 9.89 Å². The Hall–Kier alpha value is -2.19. The summed E-state index contributed by atoms with van der Waals surface area (Å²) in [7, 11) is -2.39. The molecule has 0 aliphatic carbocycles. The van der Waals surface area contributed by atoms with Crippen LogP contribution in [-0.2, 0) is 14.8 Å². The predicted molar refractivity (Wildman–Crippen MR) is 73.5 cm³/mol. The number of hydrogen-bond acceptors (Lipinski definition) is 4. The molecule has 0 spiro atoms. The van der Waals surface area contributed by atoms with E-state index in [9.17, 15) is 13.2 Å². The highest BCUT2D eigenvalue weighted by Gasteiger charge is 2.24. The lowest BCUT2D eigenvalue weighted by Crippen LogP contribution is -2.35. The average molecular weight is 294 g/mol. The largest absolute Gasteiger partial charge is 0.325 e. The summed E-state index contributed by atoms with van der Waals surface area (Å²) in [6.45, 7) is -0.282. The van der Waals surface area contributed by atoms with Crippen molar-refractivity contribution in [2.24, 2.45) is 0 Å². The highest BCUT2D eigenvalue weighted by Crippen LogP contribution is 2.10. The van der Waals surface area contributed by atoms with Gasteiger partial charge in [0.2, 0.25) is 5.91 Å². The highest BCUT2D eigenvalue weighted by atomic mass is 32.2. The van der Waals surface area contributed by atoms with Gasteiger partial charge in [0.05, 0.1) is 12.7 Å². The maximum Gasteiger partial charge on any atom is 0.260 e. The van der Waals surface area contributed by atoms with Crippen molar-refractivity contribution in [1.29, 1.82) is 0 Å². The van der Waals surface area contributed by atoms with Crippen molar-refractivity contribution in [3.63, 3.8) is 0 Å². The van der Waals surface area contributed by atoms with Crippen LogP contribution in [0.4, 0.5) is 5.69 Å². The Morgan fingerprint density at radius 2 is 2.00 bits per heavy atom. The van der Waals surface area contributed by atoms with E-state index in [0.29, 0.717) is 5.69 Å². The second kappa shape index (κ2) is 5.85. The van der Waals surface area contributed by atoms with E-state index in [-0.39, 0.29) is 11.6 Å². The van der Waals surface area contributed by atoms with Crippen molar-refractivity contribution in [2.45, 2.75) is 5.03 Å². The molecule has 0 bridgehead atoms. The smallest absolute Gasteiger partial charge is 0.260 e. The maximum absolute atomic E-state index is 12.1. The van der Waals surface area contributed by atoms with Gasteiger partial charge in [0, 0.05) is 12.7 Å². The summed E-state index contributed by atoms with van der Waals surface area (Å²) in [4.78, 5) is 11.8. The summed E-state index contributed by atoms with van der Waals surface area (Å²) in [5.74, 6) is -0.415. The third-order valence-corrected chi connectivity index (χ3v) is 4.32. The van der Waals surface area contributed by atoms with Crippen LogP contribution in [0.15, 0.2) is 47.6 Å². The van der Waals surface area contributed by atoms with Crippen LogP contribution in [0.2, 0.25) is 0 Å². The molecule has 0 aliphatic rings. The van der Waals surface area contributed by atoms with Gasteiger partial charge >= 0.3 is 0 Å². The summed E-state index contributed by atoms with van der Waals surface area (Å²) in [5, 5.41) is 8.53. The molecule has 0 saturated heterocycles. The number of amides is 1. The molecule has 1 aromatic carbocycles. The van der Waals surface area contributed by atoms with Crippen LogP contribution >= 0.6 is 0 Å². The first-order chi connectivity index (χ1) is 9.50. The molecule has 20 heavy (non-hydrogen) atoms. The second-order valence-electron chi connectivity index (χ2n) is 4.10. The molecule has 0 saturated carbocycles. The molecular weight excluding hydrogens is 280 g/mol. The number of carbonyl (C=O) groups excluding carboxylic acids is 1. The van der Waals surface area contributed by atoms with Crippen molar-refractivity contribution in [2.75, 3.05) is 18.9 Å². The molecule has 0 radical (unpaired) electrons. The van der Waals surface area contributed by atoms with E-state index < -0.39 is 15.9 Å². The average Bonchev–Trinajstić information content (AvgIpc) is 2.94. The summed E-state index contributed by atoms with van der Waals surface area (Å²) in [5.41, 5.74) is 0.616. The summed E-state index contributed by atoms with van der Waals surface area (Å²) < 4.78 is 25.1. The number of benzene rings is 1. The fourth-order valence-electron chi connectivity index (χ4n) is 1.56. The first kappa shape index (κ1) is 14.2. The maximum atomic E-state index is 12.1. The number of rotatable bonds is 5. The monoisotopic (exact) mass is 294 g/mol. The van der Waals surface area contributed by atoms with Gasteiger partial charge in [0.25, 0.3) is 10.0 Å². The SMILES string of the molecule is CN(CC(=O)Nc1ccccc1)S(=O)(=O)c1ccn[nH]1. The summed E-state index contributed by atoms with van der Waals surface area (Å²) in [6.07, 6.45) is 1.34. The van der Waals surface area contributed by atoms with E-state index in [2.05, 4.69) is 15.5 Å². The number of hydrogen-bond donors (Lipinski definition) is 2. The molecule has 0 fully saturated rings. The molecule has 1 amide bonds. The molecule has 2 rings (SSSR count). The Morgan fingerprint density at radius 3 is 2.60 bits per heavy atom. The first-order valence-electron chi connectivity index (χ1n) is 5.81. The molecule has 2 aromatic rings. The standard InChI is InChI=1S/C12H14N4O3S/c1-16(20(18,19)12-7-8-13-15-12)9-11(17)14-10-5-3-2-4-6-10/h2-8H,9H2,1H3,(H,13,15)(H,14,17). The number of nitrogens with zero attached hydrogens (tertiary/aromatic N) is 2. The van der Waals surface area contributed by atoms with Crippen LogP contribution in [0.1, 0.15) is 0 Å². The molecular formula is C12H14N4O3S. The molecule has 0 unspecified atom stereocenters. The van der Waals surface area contributed by atoms with Crippen molar-refractivity contribution < 1.29 is 13.2 Å². The summed E-state index contributed by atoms with van der Waals surface area (Å²) >= 11 is 0. The quantitative estimate of drug-likeness (QED) is 0.847. The van der Waals surface area contributed by atoms with E-state index >= 15 is 0 Å². The Bertz CT molecular complexity index is 668. The molecule has 106 valence electrons. The van der Waals surface area contributed by atoms with Gasteiger partial charge in [-0.2, -0.15) is 9.40 Å². The number of aromatic amines is 1. The van der Waals surface area contributed by atoms with Gasteiger partial charge in [0.1, 0.15) is 0 Å². The number of aromatic nitrogens is 2. The van der Waals surface area contributed by atoms with E-state index in [1.165, 1.54) is 19.3 Å². The number of anilines is 1. The van der Waals surface area contributed by atoms with E-state index in [1.54, 1.807) is 24.3 Å². The van der Waals surface area contributed by atoms with Gasteiger partial charge in [0.15, 0.2) is 5.03 Å². The van der Waals surface area contributed by atoms with E-state index in [4.69, 9.17) is 0 Å². The van der Waals surface area contributed by atoms with E-state index in [0.717, 1.165) is 4.31 Å². The fourth-order valence-corrected chi connectivity index (χ4v) is 2.59. The van der Waals surface area contributed by atoms with Crippen LogP contribution in [-0.4, -0.2) is 42.4 Å². The van der Waals surface area contributed by atoms with Crippen molar-refractivity contribution in [3.8, 4) is 0 Å². The van der Waals surface area contributed by atoms with Gasteiger partial charge < -0.3 is 5.32 Å². The number of carbonyl (C=O) groups is 1. The Kier molecular flexibility index (Phi) is 4.16. The minimum Gasteiger partial charge on any atom is -0.325 e. The fraction of sp³-hybridized carbons (Fsp3) is 0.167. The zero-order valence-electron chi connectivity index (χ0n) is 10.8. The lowest BCUT2D eigenvalue weighted by molar-refractivity contribution is -0.116. The molecule has 1 aromatic heterocycles. The van der Waals surface area contributed by atoms with Gasteiger partial charge in [-0.1, -0.05) is 18.2 Å². The minimum absolute atomic E-state index is 0.0486. The van der Waals surface area contributed by atoms with Gasteiger partial charge in [-0.25, -0.2) is 8.42 Å². The molecule has 0 atom stereocenters. The lowest BCUT2D eigenvalue weighted by Gasteiger charge is -2.15. The molecule has 8 heteroatoms. The highest BCUT2D eigenvalue weighted by molar-refractivity contribution is 7.89. The number of nitrogens with one attached hydrogen (secondary N) is 2. The Morgan fingerprint density at radius 1 is 1.30 bits per heavy atom. The topological polar surface area (TPSA) is 95.2 Å². The number of sulfonamides is 1. The third-order valence-electron chi connectivity index (χ3n) is 2.59. The normalized spacial score (nSPS) is 11.5. The third kappa shape index (κ3) is 3.22. The van der Waals surface area contributed by atoms with Crippen molar-refractivity contribution >= 4 is 21.6 Å². The predicted octanol–water partition coefficient (Wildman–Crippen LogP) is 0.669. The minimum atomic E-state index is -3.73. The zero-order valence-corrected chi connectivity index (χ0v) is 11.6. The van der Waals surface area contributed by atoms with Gasteiger partial charge in [-0.05, 0) is 18.2 Å². The molecule has 2 N–H and O–H groups in total. The van der Waals surface area contributed by atoms with Crippen LogP contribution in [0.25, 0.3) is 0 Å². The molecule has 7 nitrogen and oxygen atoms in total.